The zero-order valence-corrected chi connectivity index (χ0v) is 12.3. The Morgan fingerprint density at radius 2 is 1.81 bits per heavy atom. The van der Waals surface area contributed by atoms with Crippen molar-refractivity contribution in [3.05, 3.63) is 71.1 Å². The van der Waals surface area contributed by atoms with E-state index in [1.165, 1.54) is 6.07 Å². The van der Waals surface area contributed by atoms with Gasteiger partial charge in [0.2, 0.25) is 0 Å². The molecule has 0 unspecified atom stereocenters. The van der Waals surface area contributed by atoms with Gasteiger partial charge in [-0.15, -0.1) is 0 Å². The molecule has 1 aromatic heterocycles. The van der Waals surface area contributed by atoms with E-state index in [2.05, 4.69) is 4.98 Å². The van der Waals surface area contributed by atoms with Crippen molar-refractivity contribution in [3.8, 4) is 0 Å². The summed E-state index contributed by atoms with van der Waals surface area (Å²) in [5, 5.41) is 1.48. The number of hydrogen-bond donors (Lipinski definition) is 0. The summed E-state index contributed by atoms with van der Waals surface area (Å²) in [6.45, 7) is 0.498. The molecule has 1 heterocycles. The Hall–Kier alpha value is -2.13. The highest BCUT2D eigenvalue weighted by Crippen LogP contribution is 2.24. The molecule has 0 N–H and O–H groups in total. The predicted molar refractivity (Wildman–Crippen MR) is 85.3 cm³/mol. The molecule has 0 atom stereocenters. The van der Waals surface area contributed by atoms with Gasteiger partial charge in [-0.25, -0.2) is 9.37 Å². The zero-order chi connectivity index (χ0) is 14.8. The molecule has 4 heteroatoms. The summed E-state index contributed by atoms with van der Waals surface area (Å²) < 4.78 is 13.8. The van der Waals surface area contributed by atoms with Gasteiger partial charge >= 0.3 is 0 Å². The summed E-state index contributed by atoms with van der Waals surface area (Å²) >= 11 is 6.24. The highest BCUT2D eigenvalue weighted by atomic mass is 35.5. The lowest BCUT2D eigenvalue weighted by Gasteiger charge is -2.20. The van der Waals surface area contributed by atoms with E-state index >= 15 is 0 Å². The highest BCUT2D eigenvalue weighted by molar-refractivity contribution is 6.30. The third-order valence-corrected chi connectivity index (χ3v) is 3.75. The van der Waals surface area contributed by atoms with Crippen molar-refractivity contribution in [2.45, 2.75) is 6.54 Å². The van der Waals surface area contributed by atoms with Crippen LogP contribution in [0.15, 0.2) is 54.6 Å². The summed E-state index contributed by atoms with van der Waals surface area (Å²) in [6.07, 6.45) is 0. The summed E-state index contributed by atoms with van der Waals surface area (Å²) in [5.41, 5.74) is 2.28. The van der Waals surface area contributed by atoms with Gasteiger partial charge in [0.25, 0.3) is 0 Å². The van der Waals surface area contributed by atoms with Gasteiger partial charge in [0, 0.05) is 24.5 Å². The first kappa shape index (κ1) is 13.8. The molecule has 21 heavy (non-hydrogen) atoms. The fourth-order valence-corrected chi connectivity index (χ4v) is 2.55. The van der Waals surface area contributed by atoms with E-state index in [1.807, 2.05) is 48.3 Å². The van der Waals surface area contributed by atoms with E-state index in [1.54, 1.807) is 12.1 Å². The predicted octanol–water partition coefficient (Wildman–Crippen LogP) is 4.66. The van der Waals surface area contributed by atoms with Crippen molar-refractivity contribution in [2.24, 2.45) is 0 Å². The fraction of sp³-hybridized carbons (Fsp3) is 0.118. The minimum atomic E-state index is -0.245. The molecule has 2 nitrogen and oxygen atoms in total. The second kappa shape index (κ2) is 5.70. The Balaban J connectivity index is 1.94. The molecule has 3 rings (SSSR count). The Morgan fingerprint density at radius 1 is 1.10 bits per heavy atom. The average Bonchev–Trinajstić information content (AvgIpc) is 2.48. The number of rotatable bonds is 3. The quantitative estimate of drug-likeness (QED) is 0.654. The lowest BCUT2D eigenvalue weighted by atomic mass is 10.1. The number of benzene rings is 2. The maximum absolute atomic E-state index is 13.8. The molecule has 0 fully saturated rings. The van der Waals surface area contributed by atoms with Crippen molar-refractivity contribution in [1.82, 2.24) is 4.98 Å². The second-order valence-corrected chi connectivity index (χ2v) is 5.30. The monoisotopic (exact) mass is 300 g/mol. The number of nitrogens with zero attached hydrogens (tertiary/aromatic N) is 2. The molecule has 3 aromatic rings. The van der Waals surface area contributed by atoms with E-state index < -0.39 is 0 Å². The van der Waals surface area contributed by atoms with Crippen molar-refractivity contribution >= 4 is 28.2 Å². The van der Waals surface area contributed by atoms with Crippen LogP contribution in [0.2, 0.25) is 5.15 Å². The van der Waals surface area contributed by atoms with Crippen LogP contribution in [0.4, 0.5) is 10.1 Å². The molecule has 0 saturated heterocycles. The van der Waals surface area contributed by atoms with Gasteiger partial charge in [-0.1, -0.05) is 41.9 Å². The van der Waals surface area contributed by atoms with E-state index in [0.717, 1.165) is 16.5 Å². The number of fused-ring (bicyclic) bond motifs is 1. The van der Waals surface area contributed by atoms with Gasteiger partial charge in [0.1, 0.15) is 11.0 Å². The zero-order valence-electron chi connectivity index (χ0n) is 11.6. The van der Waals surface area contributed by atoms with Gasteiger partial charge in [0.15, 0.2) is 0 Å². The molecule has 2 aromatic carbocycles. The molecular formula is C17H14ClFN2. The van der Waals surface area contributed by atoms with Gasteiger partial charge in [-0.05, 0) is 24.3 Å². The number of halogens is 2. The van der Waals surface area contributed by atoms with Crippen LogP contribution in [0.3, 0.4) is 0 Å². The van der Waals surface area contributed by atoms with Crippen LogP contribution >= 0.6 is 11.6 Å². The number of pyridine rings is 1. The Labute approximate surface area is 127 Å². The normalized spacial score (nSPS) is 10.8. The smallest absolute Gasteiger partial charge is 0.146 e. The summed E-state index contributed by atoms with van der Waals surface area (Å²) in [7, 11) is 1.84. The van der Waals surface area contributed by atoms with Crippen LogP contribution in [-0.2, 0) is 6.54 Å². The Bertz CT molecular complexity index is 789. The Morgan fingerprint density at radius 3 is 2.62 bits per heavy atom. The molecule has 0 aliphatic rings. The molecule has 0 aliphatic carbocycles. The van der Waals surface area contributed by atoms with Crippen LogP contribution in [0, 0.1) is 5.82 Å². The molecule has 106 valence electrons. The highest BCUT2D eigenvalue weighted by Gasteiger charge is 2.11. The van der Waals surface area contributed by atoms with Crippen LogP contribution in [0.1, 0.15) is 5.56 Å². The summed E-state index contributed by atoms with van der Waals surface area (Å²) in [6, 6.07) is 16.5. The number of anilines is 1. The summed E-state index contributed by atoms with van der Waals surface area (Å²) in [4.78, 5) is 6.22. The first-order valence-corrected chi connectivity index (χ1v) is 7.03. The van der Waals surface area contributed by atoms with Crippen LogP contribution in [-0.4, -0.2) is 12.0 Å². The largest absolute Gasteiger partial charge is 0.368 e. The first-order valence-electron chi connectivity index (χ1n) is 6.65. The van der Waals surface area contributed by atoms with Gasteiger partial charge in [0.05, 0.1) is 11.2 Å². The molecule has 0 aliphatic heterocycles. The number of para-hydroxylation sites is 2. The SMILES string of the molecule is CN(Cc1cc2ccccc2nc1Cl)c1ccccc1F. The minimum Gasteiger partial charge on any atom is -0.368 e. The standard InChI is InChI=1S/C17H14ClFN2/c1-21(16-9-5-3-7-14(16)19)11-13-10-12-6-2-4-8-15(12)20-17(13)18/h2-10H,11H2,1H3. The van der Waals surface area contributed by atoms with Crippen molar-refractivity contribution < 1.29 is 4.39 Å². The first-order chi connectivity index (χ1) is 10.1. The molecule has 0 spiro atoms. The molecule has 0 bridgehead atoms. The van der Waals surface area contributed by atoms with Crippen molar-refractivity contribution in [3.63, 3.8) is 0 Å². The maximum atomic E-state index is 13.8. The third kappa shape index (κ3) is 2.83. The van der Waals surface area contributed by atoms with Gasteiger partial charge < -0.3 is 4.90 Å². The van der Waals surface area contributed by atoms with Crippen molar-refractivity contribution in [2.75, 3.05) is 11.9 Å². The van der Waals surface area contributed by atoms with Crippen LogP contribution in [0.5, 0.6) is 0 Å². The maximum Gasteiger partial charge on any atom is 0.146 e. The lowest BCUT2D eigenvalue weighted by Crippen LogP contribution is -2.18. The molecular weight excluding hydrogens is 287 g/mol. The lowest BCUT2D eigenvalue weighted by molar-refractivity contribution is 0.622. The van der Waals surface area contributed by atoms with E-state index in [9.17, 15) is 4.39 Å². The summed E-state index contributed by atoms with van der Waals surface area (Å²) in [5.74, 6) is -0.245. The van der Waals surface area contributed by atoms with E-state index in [-0.39, 0.29) is 5.82 Å². The van der Waals surface area contributed by atoms with Gasteiger partial charge in [-0.3, -0.25) is 0 Å². The van der Waals surface area contributed by atoms with Crippen LogP contribution in [0.25, 0.3) is 10.9 Å². The number of hydrogen-bond acceptors (Lipinski definition) is 2. The van der Waals surface area contributed by atoms with Gasteiger partial charge in [-0.2, -0.15) is 0 Å². The third-order valence-electron chi connectivity index (χ3n) is 3.42. The average molecular weight is 301 g/mol. The van der Waals surface area contributed by atoms with Crippen LogP contribution < -0.4 is 4.90 Å². The fourth-order valence-electron chi connectivity index (χ4n) is 2.35. The number of aromatic nitrogens is 1. The van der Waals surface area contributed by atoms with E-state index in [4.69, 9.17) is 11.6 Å². The van der Waals surface area contributed by atoms with Crippen molar-refractivity contribution in [1.29, 1.82) is 0 Å². The Kier molecular flexibility index (Phi) is 3.76. The molecule has 0 radical (unpaired) electrons. The van der Waals surface area contributed by atoms with E-state index in [0.29, 0.717) is 17.4 Å². The topological polar surface area (TPSA) is 16.1 Å². The second-order valence-electron chi connectivity index (χ2n) is 4.94. The molecule has 0 saturated carbocycles. The molecule has 0 amide bonds. The minimum absolute atomic E-state index is 0.245.